The van der Waals surface area contributed by atoms with Gasteiger partial charge in [0.1, 0.15) is 0 Å². The minimum absolute atomic E-state index is 0.0666. The van der Waals surface area contributed by atoms with Gasteiger partial charge < -0.3 is 15.7 Å². The molecule has 0 aromatic heterocycles. The molecular formula is C11H22N2O4. The van der Waals surface area contributed by atoms with Crippen LogP contribution in [0.5, 0.6) is 0 Å². The monoisotopic (exact) mass is 246 g/mol. The summed E-state index contributed by atoms with van der Waals surface area (Å²) in [5.74, 6) is -0.928. The van der Waals surface area contributed by atoms with Gasteiger partial charge in [-0.15, -0.1) is 13.2 Å². The Morgan fingerprint density at radius 1 is 1.29 bits per heavy atom. The van der Waals surface area contributed by atoms with Crippen molar-refractivity contribution < 1.29 is 19.5 Å². The molecule has 0 spiro atoms. The Morgan fingerprint density at radius 2 is 1.76 bits per heavy atom. The maximum absolute atomic E-state index is 10.7. The van der Waals surface area contributed by atoms with Gasteiger partial charge in [-0.3, -0.25) is 14.4 Å². The molecule has 0 aliphatic rings. The fraction of sp³-hybridized carbons (Fsp3) is 0.545. The van der Waals surface area contributed by atoms with Gasteiger partial charge in [0, 0.05) is 26.4 Å². The number of nitrogens with one attached hydrogen (secondary N) is 2. The number of rotatable bonds is 6. The highest BCUT2D eigenvalue weighted by atomic mass is 16.4. The van der Waals surface area contributed by atoms with Crippen LogP contribution >= 0.6 is 0 Å². The van der Waals surface area contributed by atoms with Crippen LogP contribution in [-0.2, 0) is 14.4 Å². The van der Waals surface area contributed by atoms with Crippen LogP contribution in [0.1, 0.15) is 26.2 Å². The lowest BCUT2D eigenvalue weighted by Crippen LogP contribution is -2.22. The molecule has 0 saturated heterocycles. The molecule has 0 unspecified atom stereocenters. The van der Waals surface area contributed by atoms with Crippen LogP contribution in [-0.4, -0.2) is 37.0 Å². The number of carboxylic acid groups (broad SMARTS) is 1. The Bertz CT molecular complexity index is 208. The summed E-state index contributed by atoms with van der Waals surface area (Å²) in [6.45, 7) is 8.43. The van der Waals surface area contributed by atoms with Gasteiger partial charge in [0.2, 0.25) is 12.3 Å². The highest BCUT2D eigenvalue weighted by molar-refractivity contribution is 5.76. The van der Waals surface area contributed by atoms with E-state index in [2.05, 4.69) is 23.8 Å². The van der Waals surface area contributed by atoms with Crippen molar-refractivity contribution in [3.8, 4) is 0 Å². The third-order valence-corrected chi connectivity index (χ3v) is 1.29. The molecule has 0 aromatic rings. The van der Waals surface area contributed by atoms with Gasteiger partial charge >= 0.3 is 5.97 Å². The normalized spacial score (nSPS) is 7.41. The minimum Gasteiger partial charge on any atom is -0.481 e. The molecule has 0 saturated carbocycles. The van der Waals surface area contributed by atoms with E-state index in [0.717, 1.165) is 0 Å². The number of carbonyl (C=O) groups excluding carboxylic acids is 2. The standard InChI is InChI=1S/C7H13NO3.C2H5NO.C2H4/c1-2-8-6(9)4-3-5-7(10)11;1-3-2-4;1-2/h2-5H2,1H3,(H,8,9)(H,10,11);2H,1H3,(H,3,4);1-2H2. The second-order valence-corrected chi connectivity index (χ2v) is 2.61. The zero-order chi connectivity index (χ0) is 14.1. The van der Waals surface area contributed by atoms with Crippen LogP contribution in [0.2, 0.25) is 0 Å². The lowest BCUT2D eigenvalue weighted by Gasteiger charge is -1.98. The van der Waals surface area contributed by atoms with E-state index < -0.39 is 5.97 Å². The van der Waals surface area contributed by atoms with Gasteiger partial charge in [0.15, 0.2) is 0 Å². The fourth-order valence-electron chi connectivity index (χ4n) is 0.686. The van der Waals surface area contributed by atoms with Gasteiger partial charge in [-0.2, -0.15) is 0 Å². The lowest BCUT2D eigenvalue weighted by atomic mass is 10.2. The van der Waals surface area contributed by atoms with Gasteiger partial charge in [0.25, 0.3) is 0 Å². The van der Waals surface area contributed by atoms with E-state index in [-0.39, 0.29) is 12.3 Å². The van der Waals surface area contributed by atoms with Crippen molar-refractivity contribution in [3.63, 3.8) is 0 Å². The summed E-state index contributed by atoms with van der Waals surface area (Å²) >= 11 is 0. The van der Waals surface area contributed by atoms with E-state index in [4.69, 9.17) is 9.90 Å². The molecule has 2 amide bonds. The Kier molecular flexibility index (Phi) is 23.8. The van der Waals surface area contributed by atoms with Gasteiger partial charge in [-0.05, 0) is 13.3 Å². The summed E-state index contributed by atoms with van der Waals surface area (Å²) in [6.07, 6.45) is 1.42. The molecular weight excluding hydrogens is 224 g/mol. The maximum atomic E-state index is 10.7. The summed E-state index contributed by atoms with van der Waals surface area (Å²) in [5.41, 5.74) is 0. The molecule has 3 N–H and O–H groups in total. The third kappa shape index (κ3) is 31.4. The van der Waals surface area contributed by atoms with E-state index in [1.54, 1.807) is 7.05 Å². The Hall–Kier alpha value is -1.85. The summed E-state index contributed by atoms with van der Waals surface area (Å²) < 4.78 is 0. The quantitative estimate of drug-likeness (QED) is 0.471. The van der Waals surface area contributed by atoms with E-state index in [0.29, 0.717) is 25.8 Å². The Labute approximate surface area is 102 Å². The number of carboxylic acids is 1. The van der Waals surface area contributed by atoms with Crippen molar-refractivity contribution in [2.75, 3.05) is 13.6 Å². The topological polar surface area (TPSA) is 95.5 Å². The Morgan fingerprint density at radius 3 is 2.06 bits per heavy atom. The molecule has 0 bridgehead atoms. The van der Waals surface area contributed by atoms with E-state index in [1.165, 1.54) is 0 Å². The van der Waals surface area contributed by atoms with Crippen LogP contribution in [0.3, 0.4) is 0 Å². The Balaban J connectivity index is -0.000000275. The fourth-order valence-corrected chi connectivity index (χ4v) is 0.686. The molecule has 0 radical (unpaired) electrons. The smallest absolute Gasteiger partial charge is 0.303 e. The first-order valence-electron chi connectivity index (χ1n) is 5.17. The average Bonchev–Trinajstić information content (AvgIpc) is 2.32. The molecule has 0 rings (SSSR count). The summed E-state index contributed by atoms with van der Waals surface area (Å²) in [7, 11) is 1.56. The van der Waals surface area contributed by atoms with Crippen LogP contribution < -0.4 is 10.6 Å². The molecule has 17 heavy (non-hydrogen) atoms. The lowest BCUT2D eigenvalue weighted by molar-refractivity contribution is -0.137. The SMILES string of the molecule is C=C.CCNC(=O)CCCC(=O)O.CNC=O. The largest absolute Gasteiger partial charge is 0.481 e. The van der Waals surface area contributed by atoms with Gasteiger partial charge in [-0.25, -0.2) is 0 Å². The molecule has 0 aliphatic heterocycles. The van der Waals surface area contributed by atoms with E-state index >= 15 is 0 Å². The summed E-state index contributed by atoms with van der Waals surface area (Å²) in [4.78, 5) is 29.8. The van der Waals surface area contributed by atoms with Crippen molar-refractivity contribution >= 4 is 18.3 Å². The van der Waals surface area contributed by atoms with Crippen molar-refractivity contribution in [2.24, 2.45) is 0 Å². The van der Waals surface area contributed by atoms with Crippen LogP contribution in [0.15, 0.2) is 13.2 Å². The minimum atomic E-state index is -0.853. The highest BCUT2D eigenvalue weighted by Gasteiger charge is 2.01. The maximum Gasteiger partial charge on any atom is 0.303 e. The van der Waals surface area contributed by atoms with Crippen molar-refractivity contribution in [3.05, 3.63) is 13.2 Å². The predicted octanol–water partition coefficient (Wildman–Crippen LogP) is 0.542. The van der Waals surface area contributed by atoms with Crippen LogP contribution in [0.4, 0.5) is 0 Å². The molecule has 0 fully saturated rings. The molecule has 0 aliphatic carbocycles. The van der Waals surface area contributed by atoms with E-state index in [1.807, 2.05) is 6.92 Å². The summed E-state index contributed by atoms with van der Waals surface area (Å²) in [6, 6.07) is 0. The molecule has 0 atom stereocenters. The zero-order valence-electron chi connectivity index (χ0n) is 10.5. The van der Waals surface area contributed by atoms with Crippen molar-refractivity contribution in [1.82, 2.24) is 10.6 Å². The second-order valence-electron chi connectivity index (χ2n) is 2.61. The van der Waals surface area contributed by atoms with Crippen LogP contribution in [0, 0.1) is 0 Å². The molecule has 0 heterocycles. The summed E-state index contributed by atoms with van der Waals surface area (Å²) in [5, 5.41) is 13.1. The number of aliphatic carboxylic acids is 1. The van der Waals surface area contributed by atoms with Gasteiger partial charge in [-0.1, -0.05) is 0 Å². The van der Waals surface area contributed by atoms with E-state index in [9.17, 15) is 9.59 Å². The molecule has 6 nitrogen and oxygen atoms in total. The number of carbonyl (C=O) groups is 3. The first-order valence-corrected chi connectivity index (χ1v) is 5.17. The first-order chi connectivity index (χ1) is 8.08. The highest BCUT2D eigenvalue weighted by Crippen LogP contribution is 1.94. The second kappa shape index (κ2) is 19.7. The zero-order valence-corrected chi connectivity index (χ0v) is 10.5. The van der Waals surface area contributed by atoms with Crippen molar-refractivity contribution in [2.45, 2.75) is 26.2 Å². The number of amides is 2. The van der Waals surface area contributed by atoms with Crippen molar-refractivity contribution in [1.29, 1.82) is 0 Å². The van der Waals surface area contributed by atoms with Gasteiger partial charge in [0.05, 0.1) is 0 Å². The third-order valence-electron chi connectivity index (χ3n) is 1.29. The number of hydrogen-bond acceptors (Lipinski definition) is 3. The van der Waals surface area contributed by atoms with Crippen LogP contribution in [0.25, 0.3) is 0 Å². The molecule has 0 aromatic carbocycles. The molecule has 6 heteroatoms. The molecule has 100 valence electrons. The predicted molar refractivity (Wildman–Crippen MR) is 66.5 cm³/mol. The first kappa shape index (κ1) is 20.5. The average molecular weight is 246 g/mol. The number of hydrogen-bond donors (Lipinski definition) is 3.